The Bertz CT molecular complexity index is 1140. The first kappa shape index (κ1) is 23.8. The summed E-state index contributed by atoms with van der Waals surface area (Å²) in [6.45, 7) is 7.14. The van der Waals surface area contributed by atoms with Crippen LogP contribution in [-0.4, -0.2) is 47.9 Å². The first-order valence-corrected chi connectivity index (χ1v) is 12.4. The predicted molar refractivity (Wildman–Crippen MR) is 136 cm³/mol. The Balaban J connectivity index is 1.49. The van der Waals surface area contributed by atoms with E-state index in [-0.39, 0.29) is 30.8 Å². The lowest BCUT2D eigenvalue weighted by Gasteiger charge is -2.37. The number of aryl methyl sites for hydroxylation is 1. The highest BCUT2D eigenvalue weighted by atomic mass is 32.1. The first-order valence-electron chi connectivity index (χ1n) is 11.5. The molecule has 176 valence electrons. The Labute approximate surface area is 205 Å². The first-order chi connectivity index (χ1) is 16.6. The van der Waals surface area contributed by atoms with Gasteiger partial charge < -0.3 is 14.5 Å². The Hall–Kier alpha value is -3.38. The van der Waals surface area contributed by atoms with Gasteiger partial charge in [-0.2, -0.15) is 0 Å². The zero-order valence-electron chi connectivity index (χ0n) is 19.5. The normalized spacial score (nSPS) is 14.9. The van der Waals surface area contributed by atoms with Crippen LogP contribution in [0.15, 0.2) is 78.7 Å². The molecule has 0 saturated heterocycles. The number of para-hydroxylation sites is 1. The summed E-state index contributed by atoms with van der Waals surface area (Å²) in [5.41, 5.74) is 3.13. The van der Waals surface area contributed by atoms with Gasteiger partial charge in [-0.05, 0) is 47.5 Å². The molecule has 0 N–H and O–H groups in total. The lowest BCUT2D eigenvalue weighted by atomic mass is 10.00. The fourth-order valence-electron chi connectivity index (χ4n) is 4.31. The SMILES string of the molecule is C=CCN(CC(=O)N1CCc2sccc2[C@H]1COc1ccccc1C)C(=O)Cc1ccccc1. The molecule has 0 radical (unpaired) electrons. The van der Waals surface area contributed by atoms with Crippen LogP contribution in [0, 0.1) is 6.92 Å². The van der Waals surface area contributed by atoms with Gasteiger partial charge >= 0.3 is 0 Å². The van der Waals surface area contributed by atoms with Crippen molar-refractivity contribution in [3.05, 3.63) is 100 Å². The molecule has 0 unspecified atom stereocenters. The van der Waals surface area contributed by atoms with E-state index in [9.17, 15) is 9.59 Å². The molecule has 1 aliphatic heterocycles. The number of thiophene rings is 1. The van der Waals surface area contributed by atoms with Crippen molar-refractivity contribution in [1.29, 1.82) is 0 Å². The van der Waals surface area contributed by atoms with E-state index >= 15 is 0 Å². The summed E-state index contributed by atoms with van der Waals surface area (Å²) in [6.07, 6.45) is 2.75. The van der Waals surface area contributed by atoms with Crippen molar-refractivity contribution >= 4 is 23.2 Å². The number of carbonyl (C=O) groups excluding carboxylic acids is 2. The summed E-state index contributed by atoms with van der Waals surface area (Å²) in [5.74, 6) is 0.669. The van der Waals surface area contributed by atoms with Crippen LogP contribution in [0.25, 0.3) is 0 Å². The fourth-order valence-corrected chi connectivity index (χ4v) is 5.24. The third-order valence-electron chi connectivity index (χ3n) is 6.13. The van der Waals surface area contributed by atoms with Crippen LogP contribution in [0.2, 0.25) is 0 Å². The van der Waals surface area contributed by atoms with E-state index in [2.05, 4.69) is 18.0 Å². The largest absolute Gasteiger partial charge is 0.491 e. The highest BCUT2D eigenvalue weighted by Crippen LogP contribution is 2.34. The maximum absolute atomic E-state index is 13.5. The molecular weight excluding hydrogens is 444 g/mol. The molecule has 0 bridgehead atoms. The van der Waals surface area contributed by atoms with E-state index in [1.807, 2.05) is 66.4 Å². The van der Waals surface area contributed by atoms with Crippen molar-refractivity contribution in [3.63, 3.8) is 0 Å². The van der Waals surface area contributed by atoms with Gasteiger partial charge in [0, 0.05) is 18.0 Å². The number of ether oxygens (including phenoxy) is 1. The van der Waals surface area contributed by atoms with E-state index in [0.717, 1.165) is 28.9 Å². The van der Waals surface area contributed by atoms with Gasteiger partial charge in [0.2, 0.25) is 11.8 Å². The Morgan fingerprint density at radius 3 is 2.68 bits per heavy atom. The summed E-state index contributed by atoms with van der Waals surface area (Å²) in [4.78, 5) is 31.3. The lowest BCUT2D eigenvalue weighted by Crippen LogP contribution is -2.48. The smallest absolute Gasteiger partial charge is 0.242 e. The number of hydrogen-bond donors (Lipinski definition) is 0. The summed E-state index contributed by atoms with van der Waals surface area (Å²) < 4.78 is 6.18. The average molecular weight is 475 g/mol. The van der Waals surface area contributed by atoms with E-state index in [0.29, 0.717) is 19.7 Å². The Morgan fingerprint density at radius 2 is 1.91 bits per heavy atom. The van der Waals surface area contributed by atoms with Crippen LogP contribution in [0.4, 0.5) is 0 Å². The van der Waals surface area contributed by atoms with Crippen LogP contribution in [-0.2, 0) is 22.4 Å². The number of fused-ring (bicyclic) bond motifs is 1. The summed E-state index contributed by atoms with van der Waals surface area (Å²) in [6, 6.07) is 19.4. The molecule has 5 nitrogen and oxygen atoms in total. The third kappa shape index (κ3) is 5.57. The monoisotopic (exact) mass is 474 g/mol. The van der Waals surface area contributed by atoms with Crippen LogP contribution in [0.3, 0.4) is 0 Å². The van der Waals surface area contributed by atoms with Gasteiger partial charge in [-0.3, -0.25) is 9.59 Å². The van der Waals surface area contributed by atoms with Crippen LogP contribution in [0.5, 0.6) is 5.75 Å². The summed E-state index contributed by atoms with van der Waals surface area (Å²) in [7, 11) is 0. The second-order valence-electron chi connectivity index (χ2n) is 8.45. The predicted octanol–water partition coefficient (Wildman–Crippen LogP) is 4.82. The van der Waals surface area contributed by atoms with Gasteiger partial charge in [0.25, 0.3) is 0 Å². The third-order valence-corrected chi connectivity index (χ3v) is 7.13. The fraction of sp³-hybridized carbons (Fsp3) is 0.286. The molecule has 6 heteroatoms. The van der Waals surface area contributed by atoms with Gasteiger partial charge in [-0.25, -0.2) is 0 Å². The maximum Gasteiger partial charge on any atom is 0.242 e. The second-order valence-corrected chi connectivity index (χ2v) is 9.45. The van der Waals surface area contributed by atoms with E-state index in [4.69, 9.17) is 4.74 Å². The highest BCUT2D eigenvalue weighted by molar-refractivity contribution is 7.10. The molecule has 0 saturated carbocycles. The van der Waals surface area contributed by atoms with Crippen molar-refractivity contribution in [2.75, 3.05) is 26.2 Å². The number of rotatable bonds is 9. The standard InChI is InChI=1S/C28H30N2O3S/c1-3-15-29(27(31)18-22-10-5-4-6-11-22)19-28(32)30-16-13-26-23(14-17-34-26)24(30)20-33-25-12-8-7-9-21(25)2/h3-12,14,17,24H,1,13,15-16,18-20H2,2H3/t24-/m1/s1. The van der Waals surface area contributed by atoms with Crippen molar-refractivity contribution in [2.45, 2.75) is 25.8 Å². The molecule has 2 amide bonds. The molecule has 1 aliphatic rings. The van der Waals surface area contributed by atoms with Gasteiger partial charge in [-0.1, -0.05) is 54.6 Å². The number of carbonyl (C=O) groups is 2. The van der Waals surface area contributed by atoms with E-state index < -0.39 is 0 Å². The van der Waals surface area contributed by atoms with Crippen molar-refractivity contribution in [1.82, 2.24) is 9.80 Å². The quantitative estimate of drug-likeness (QED) is 0.418. The van der Waals surface area contributed by atoms with E-state index in [1.54, 1.807) is 22.3 Å². The topological polar surface area (TPSA) is 49.9 Å². The summed E-state index contributed by atoms with van der Waals surface area (Å²) in [5, 5.41) is 2.08. The van der Waals surface area contributed by atoms with Crippen molar-refractivity contribution in [2.24, 2.45) is 0 Å². The van der Waals surface area contributed by atoms with Gasteiger partial charge in [0.15, 0.2) is 0 Å². The number of nitrogens with zero attached hydrogens (tertiary/aromatic N) is 2. The zero-order valence-corrected chi connectivity index (χ0v) is 20.3. The zero-order chi connectivity index (χ0) is 23.9. The summed E-state index contributed by atoms with van der Waals surface area (Å²) >= 11 is 1.72. The molecule has 0 aliphatic carbocycles. The molecule has 1 aromatic heterocycles. The minimum absolute atomic E-state index is 0.0258. The molecule has 3 aromatic rings. The highest BCUT2D eigenvalue weighted by Gasteiger charge is 2.33. The molecule has 1 atom stereocenters. The lowest BCUT2D eigenvalue weighted by molar-refractivity contribution is -0.142. The number of amides is 2. The van der Waals surface area contributed by atoms with Crippen molar-refractivity contribution in [3.8, 4) is 5.75 Å². The van der Waals surface area contributed by atoms with E-state index in [1.165, 1.54) is 4.88 Å². The van der Waals surface area contributed by atoms with Crippen LogP contribution < -0.4 is 4.74 Å². The van der Waals surface area contributed by atoms with Crippen molar-refractivity contribution < 1.29 is 14.3 Å². The molecule has 4 rings (SSSR count). The second kappa shape index (κ2) is 11.2. The molecule has 2 heterocycles. The maximum atomic E-state index is 13.5. The Kier molecular flexibility index (Phi) is 7.80. The average Bonchev–Trinajstić information content (AvgIpc) is 3.33. The van der Waals surface area contributed by atoms with Crippen LogP contribution >= 0.6 is 11.3 Å². The van der Waals surface area contributed by atoms with Gasteiger partial charge in [0.1, 0.15) is 18.9 Å². The molecule has 2 aromatic carbocycles. The van der Waals surface area contributed by atoms with Crippen LogP contribution in [0.1, 0.15) is 27.6 Å². The van der Waals surface area contributed by atoms with Gasteiger partial charge in [-0.15, -0.1) is 17.9 Å². The van der Waals surface area contributed by atoms with Gasteiger partial charge in [0.05, 0.1) is 12.5 Å². The molecular formula is C28H30N2O3S. The minimum atomic E-state index is -0.183. The Morgan fingerprint density at radius 1 is 1.15 bits per heavy atom. The number of hydrogen-bond acceptors (Lipinski definition) is 4. The molecule has 0 fully saturated rings. The molecule has 34 heavy (non-hydrogen) atoms. The minimum Gasteiger partial charge on any atom is -0.491 e. The number of benzene rings is 2. The molecule has 0 spiro atoms.